The molecule has 2 rings (SSSR count). The third-order valence-corrected chi connectivity index (χ3v) is 3.43. The lowest BCUT2D eigenvalue weighted by atomic mass is 9.91. The average molecular weight is 225 g/mol. The Bertz CT molecular complexity index is 285. The van der Waals surface area contributed by atoms with Gasteiger partial charge >= 0.3 is 0 Å². The van der Waals surface area contributed by atoms with E-state index in [1.807, 2.05) is 0 Å². The number of amides is 2. The molecule has 0 aromatic carbocycles. The molecular weight excluding hydrogens is 206 g/mol. The maximum absolute atomic E-state index is 11.8. The Balaban J connectivity index is 1.77. The molecule has 1 saturated carbocycles. The van der Waals surface area contributed by atoms with Crippen LogP contribution in [0.3, 0.4) is 0 Å². The van der Waals surface area contributed by atoms with E-state index in [0.717, 1.165) is 25.7 Å². The first kappa shape index (κ1) is 11.4. The van der Waals surface area contributed by atoms with Crippen LogP contribution in [0.1, 0.15) is 38.5 Å². The van der Waals surface area contributed by atoms with E-state index < -0.39 is 0 Å². The fourth-order valence-electron chi connectivity index (χ4n) is 2.38. The molecule has 90 valence electrons. The molecule has 0 aromatic heterocycles. The Morgan fingerprint density at radius 3 is 2.50 bits per heavy atom. The highest BCUT2D eigenvalue weighted by molar-refractivity contribution is 5.90. The van der Waals surface area contributed by atoms with Crippen LogP contribution in [-0.2, 0) is 9.59 Å². The fraction of sp³-hybridized carbons (Fsp3) is 0.818. The zero-order valence-electron chi connectivity index (χ0n) is 9.37. The molecule has 5 nitrogen and oxygen atoms in total. The molecule has 0 spiro atoms. The van der Waals surface area contributed by atoms with Crippen molar-refractivity contribution >= 4 is 11.8 Å². The van der Waals surface area contributed by atoms with Gasteiger partial charge in [-0.1, -0.05) is 0 Å². The number of hydrogen-bond donors (Lipinski definition) is 3. The minimum atomic E-state index is -0.317. The second-order valence-corrected chi connectivity index (χ2v) is 4.78. The largest absolute Gasteiger partial charge is 0.352 e. The maximum atomic E-state index is 11.8. The van der Waals surface area contributed by atoms with Crippen LogP contribution in [0.2, 0.25) is 0 Å². The standard InChI is InChI=1S/C11H19N3O2/c12-7-1-3-8(4-2-7)13-11(16)9-5-6-10(15)14-9/h7-9H,1-6,12H2,(H,13,16)(H,14,15)/t7?,8?,9-/m1/s1. The number of carbonyl (C=O) groups is 2. The van der Waals surface area contributed by atoms with Gasteiger partial charge in [0.25, 0.3) is 0 Å². The Morgan fingerprint density at radius 2 is 1.94 bits per heavy atom. The van der Waals surface area contributed by atoms with Gasteiger partial charge in [0.15, 0.2) is 0 Å². The van der Waals surface area contributed by atoms with Gasteiger partial charge in [0.05, 0.1) is 0 Å². The lowest BCUT2D eigenvalue weighted by Crippen LogP contribution is -2.47. The monoisotopic (exact) mass is 225 g/mol. The SMILES string of the molecule is NC1CCC(NC(=O)[C@H]2CCC(=O)N2)CC1. The molecule has 5 heteroatoms. The van der Waals surface area contributed by atoms with Gasteiger partial charge in [0.2, 0.25) is 11.8 Å². The summed E-state index contributed by atoms with van der Waals surface area (Å²) >= 11 is 0. The van der Waals surface area contributed by atoms with Crippen LogP contribution < -0.4 is 16.4 Å². The molecule has 2 amide bonds. The Hall–Kier alpha value is -1.10. The predicted octanol–water partition coefficient (Wildman–Crippen LogP) is -0.349. The normalized spacial score (nSPS) is 34.6. The van der Waals surface area contributed by atoms with Gasteiger partial charge < -0.3 is 16.4 Å². The van der Waals surface area contributed by atoms with Gasteiger partial charge in [-0.05, 0) is 32.1 Å². The van der Waals surface area contributed by atoms with Crippen LogP contribution >= 0.6 is 0 Å². The first-order valence-corrected chi connectivity index (χ1v) is 6.00. The molecule has 1 aliphatic carbocycles. The number of rotatable bonds is 2. The summed E-state index contributed by atoms with van der Waals surface area (Å²) in [5.74, 6) is -0.0582. The van der Waals surface area contributed by atoms with Crippen molar-refractivity contribution in [1.29, 1.82) is 0 Å². The van der Waals surface area contributed by atoms with Crippen LogP contribution in [0.5, 0.6) is 0 Å². The Morgan fingerprint density at radius 1 is 1.25 bits per heavy atom. The van der Waals surface area contributed by atoms with Crippen molar-refractivity contribution in [3.63, 3.8) is 0 Å². The van der Waals surface area contributed by atoms with E-state index in [9.17, 15) is 9.59 Å². The van der Waals surface area contributed by atoms with E-state index in [1.54, 1.807) is 0 Å². The van der Waals surface area contributed by atoms with E-state index in [-0.39, 0.29) is 23.9 Å². The summed E-state index contributed by atoms with van der Waals surface area (Å²) in [7, 11) is 0. The summed E-state index contributed by atoms with van der Waals surface area (Å²) < 4.78 is 0. The zero-order chi connectivity index (χ0) is 11.5. The minimum absolute atomic E-state index is 0.0224. The van der Waals surface area contributed by atoms with Crippen molar-refractivity contribution in [3.05, 3.63) is 0 Å². The summed E-state index contributed by atoms with van der Waals surface area (Å²) in [6, 6.07) is 0.215. The van der Waals surface area contributed by atoms with Gasteiger partial charge in [-0.3, -0.25) is 9.59 Å². The molecule has 4 N–H and O–H groups in total. The summed E-state index contributed by atoms with van der Waals surface area (Å²) in [6.07, 6.45) is 4.94. The Labute approximate surface area is 95.1 Å². The highest BCUT2D eigenvalue weighted by atomic mass is 16.2. The summed E-state index contributed by atoms with van der Waals surface area (Å²) in [4.78, 5) is 22.8. The Kier molecular flexibility index (Phi) is 3.43. The lowest BCUT2D eigenvalue weighted by molar-refractivity contribution is -0.126. The van der Waals surface area contributed by atoms with Crippen LogP contribution in [0, 0.1) is 0 Å². The van der Waals surface area contributed by atoms with Crippen molar-refractivity contribution in [2.45, 2.75) is 56.7 Å². The van der Waals surface area contributed by atoms with E-state index in [4.69, 9.17) is 5.73 Å². The van der Waals surface area contributed by atoms with Crippen molar-refractivity contribution in [2.75, 3.05) is 0 Å². The van der Waals surface area contributed by atoms with Gasteiger partial charge in [-0.2, -0.15) is 0 Å². The van der Waals surface area contributed by atoms with E-state index in [0.29, 0.717) is 18.9 Å². The molecule has 2 fully saturated rings. The van der Waals surface area contributed by atoms with Gasteiger partial charge in [-0.25, -0.2) is 0 Å². The number of nitrogens with one attached hydrogen (secondary N) is 2. The predicted molar refractivity (Wildman–Crippen MR) is 59.5 cm³/mol. The summed E-state index contributed by atoms with van der Waals surface area (Å²) in [6.45, 7) is 0. The number of nitrogens with two attached hydrogens (primary N) is 1. The number of hydrogen-bond acceptors (Lipinski definition) is 3. The third kappa shape index (κ3) is 2.72. The van der Waals surface area contributed by atoms with Gasteiger partial charge in [0, 0.05) is 18.5 Å². The molecule has 1 heterocycles. The summed E-state index contributed by atoms with van der Waals surface area (Å²) in [5.41, 5.74) is 5.80. The van der Waals surface area contributed by atoms with Crippen molar-refractivity contribution in [3.8, 4) is 0 Å². The van der Waals surface area contributed by atoms with E-state index in [1.165, 1.54) is 0 Å². The topological polar surface area (TPSA) is 84.2 Å². The molecule has 1 atom stereocenters. The average Bonchev–Trinajstić information content (AvgIpc) is 2.68. The molecule has 0 unspecified atom stereocenters. The minimum Gasteiger partial charge on any atom is -0.352 e. The number of carbonyl (C=O) groups excluding carboxylic acids is 2. The van der Waals surface area contributed by atoms with E-state index in [2.05, 4.69) is 10.6 Å². The molecular formula is C11H19N3O2. The highest BCUT2D eigenvalue weighted by Gasteiger charge is 2.29. The van der Waals surface area contributed by atoms with Crippen molar-refractivity contribution in [1.82, 2.24) is 10.6 Å². The maximum Gasteiger partial charge on any atom is 0.242 e. The molecule has 0 aromatic rings. The molecule has 0 bridgehead atoms. The van der Waals surface area contributed by atoms with Crippen molar-refractivity contribution < 1.29 is 9.59 Å². The van der Waals surface area contributed by atoms with Crippen LogP contribution in [0.15, 0.2) is 0 Å². The van der Waals surface area contributed by atoms with Gasteiger partial charge in [0.1, 0.15) is 6.04 Å². The van der Waals surface area contributed by atoms with Crippen LogP contribution in [-0.4, -0.2) is 29.9 Å². The van der Waals surface area contributed by atoms with E-state index >= 15 is 0 Å². The molecule has 1 saturated heterocycles. The fourth-order valence-corrected chi connectivity index (χ4v) is 2.38. The molecule has 0 radical (unpaired) electrons. The summed E-state index contributed by atoms with van der Waals surface area (Å²) in [5, 5.41) is 5.67. The second-order valence-electron chi connectivity index (χ2n) is 4.78. The quantitative estimate of drug-likeness (QED) is 0.600. The van der Waals surface area contributed by atoms with Crippen molar-refractivity contribution in [2.24, 2.45) is 5.73 Å². The lowest BCUT2D eigenvalue weighted by Gasteiger charge is -2.27. The highest BCUT2D eigenvalue weighted by Crippen LogP contribution is 2.17. The first-order valence-electron chi connectivity index (χ1n) is 6.00. The first-order chi connectivity index (χ1) is 7.65. The van der Waals surface area contributed by atoms with Crippen LogP contribution in [0.25, 0.3) is 0 Å². The zero-order valence-corrected chi connectivity index (χ0v) is 9.37. The molecule has 16 heavy (non-hydrogen) atoms. The molecule has 1 aliphatic heterocycles. The smallest absolute Gasteiger partial charge is 0.242 e. The second kappa shape index (κ2) is 4.82. The molecule has 2 aliphatic rings. The van der Waals surface area contributed by atoms with Gasteiger partial charge in [-0.15, -0.1) is 0 Å². The third-order valence-electron chi connectivity index (χ3n) is 3.43. The van der Waals surface area contributed by atoms with Crippen LogP contribution in [0.4, 0.5) is 0 Å².